The molecule has 1 saturated heterocycles. The van der Waals surface area contributed by atoms with Gasteiger partial charge >= 0.3 is 0 Å². The molecule has 0 saturated carbocycles. The SMILES string of the molecule is O=C(NC1CCN(Cc2ccccc2)C1)c1cncn1-c1ccc(F)cc1. The van der Waals surface area contributed by atoms with Crippen LogP contribution < -0.4 is 5.32 Å². The van der Waals surface area contributed by atoms with Crippen LogP contribution in [0.2, 0.25) is 0 Å². The minimum Gasteiger partial charge on any atom is -0.347 e. The van der Waals surface area contributed by atoms with Gasteiger partial charge in [-0.2, -0.15) is 0 Å². The molecule has 27 heavy (non-hydrogen) atoms. The normalized spacial score (nSPS) is 17.1. The minimum absolute atomic E-state index is 0.109. The van der Waals surface area contributed by atoms with Crippen LogP contribution in [0.15, 0.2) is 67.1 Å². The second-order valence-electron chi connectivity index (χ2n) is 6.81. The van der Waals surface area contributed by atoms with Crippen molar-refractivity contribution in [1.29, 1.82) is 0 Å². The van der Waals surface area contributed by atoms with Crippen LogP contribution >= 0.6 is 0 Å². The summed E-state index contributed by atoms with van der Waals surface area (Å²) < 4.78 is 14.8. The summed E-state index contributed by atoms with van der Waals surface area (Å²) in [6.07, 6.45) is 4.02. The highest BCUT2D eigenvalue weighted by Gasteiger charge is 2.25. The highest BCUT2D eigenvalue weighted by atomic mass is 19.1. The van der Waals surface area contributed by atoms with Crippen molar-refractivity contribution in [2.45, 2.75) is 19.0 Å². The smallest absolute Gasteiger partial charge is 0.270 e. The number of imidazole rings is 1. The maximum atomic E-state index is 13.1. The van der Waals surface area contributed by atoms with Crippen LogP contribution in [0, 0.1) is 5.82 Å². The highest BCUT2D eigenvalue weighted by Crippen LogP contribution is 2.16. The molecule has 1 atom stereocenters. The minimum atomic E-state index is -0.311. The number of carbonyl (C=O) groups excluding carboxylic acids is 1. The number of aromatic nitrogens is 2. The van der Waals surface area contributed by atoms with Crippen LogP contribution in [0.4, 0.5) is 4.39 Å². The average molecular weight is 364 g/mol. The molecular weight excluding hydrogens is 343 g/mol. The van der Waals surface area contributed by atoms with E-state index in [9.17, 15) is 9.18 Å². The van der Waals surface area contributed by atoms with E-state index in [1.54, 1.807) is 23.0 Å². The summed E-state index contributed by atoms with van der Waals surface area (Å²) in [5, 5.41) is 3.10. The van der Waals surface area contributed by atoms with Gasteiger partial charge < -0.3 is 5.32 Å². The lowest BCUT2D eigenvalue weighted by Crippen LogP contribution is -2.37. The third-order valence-electron chi connectivity index (χ3n) is 4.83. The highest BCUT2D eigenvalue weighted by molar-refractivity contribution is 5.93. The zero-order valence-electron chi connectivity index (χ0n) is 14.9. The Morgan fingerprint density at radius 1 is 1.15 bits per heavy atom. The third kappa shape index (κ3) is 4.06. The quantitative estimate of drug-likeness (QED) is 0.757. The van der Waals surface area contributed by atoms with Gasteiger partial charge in [0.25, 0.3) is 5.91 Å². The first-order valence-electron chi connectivity index (χ1n) is 9.04. The fourth-order valence-electron chi connectivity index (χ4n) is 3.47. The Kier molecular flexibility index (Phi) is 4.98. The summed E-state index contributed by atoms with van der Waals surface area (Å²) in [7, 11) is 0. The van der Waals surface area contributed by atoms with Gasteiger partial charge in [0.2, 0.25) is 0 Å². The predicted octanol–water partition coefficient (Wildman–Crippen LogP) is 3.02. The Hall–Kier alpha value is -2.99. The van der Waals surface area contributed by atoms with Gasteiger partial charge in [-0.1, -0.05) is 30.3 Å². The Balaban J connectivity index is 1.39. The van der Waals surface area contributed by atoms with E-state index in [-0.39, 0.29) is 17.8 Å². The van der Waals surface area contributed by atoms with Crippen molar-refractivity contribution in [2.75, 3.05) is 13.1 Å². The molecule has 1 N–H and O–H groups in total. The third-order valence-corrected chi connectivity index (χ3v) is 4.83. The second kappa shape index (κ2) is 7.72. The van der Waals surface area contributed by atoms with E-state index in [2.05, 4.69) is 27.3 Å². The van der Waals surface area contributed by atoms with Crippen molar-refractivity contribution in [3.8, 4) is 5.69 Å². The molecule has 2 aromatic carbocycles. The molecular formula is C21H21FN4O. The fourth-order valence-corrected chi connectivity index (χ4v) is 3.47. The van der Waals surface area contributed by atoms with Crippen LogP contribution in [-0.2, 0) is 6.54 Å². The first-order chi connectivity index (χ1) is 13.2. The number of rotatable bonds is 5. The van der Waals surface area contributed by atoms with Gasteiger partial charge in [0, 0.05) is 31.4 Å². The Labute approximate surface area is 157 Å². The number of nitrogens with one attached hydrogen (secondary N) is 1. The lowest BCUT2D eigenvalue weighted by molar-refractivity contribution is 0.0930. The van der Waals surface area contributed by atoms with Gasteiger partial charge in [0.05, 0.1) is 12.5 Å². The zero-order valence-corrected chi connectivity index (χ0v) is 14.9. The molecule has 2 heterocycles. The molecule has 0 spiro atoms. The van der Waals surface area contributed by atoms with E-state index < -0.39 is 0 Å². The van der Waals surface area contributed by atoms with Gasteiger partial charge in [-0.15, -0.1) is 0 Å². The van der Waals surface area contributed by atoms with Crippen LogP contribution in [0.1, 0.15) is 22.5 Å². The van der Waals surface area contributed by atoms with Crippen molar-refractivity contribution in [2.24, 2.45) is 0 Å². The summed E-state index contributed by atoms with van der Waals surface area (Å²) in [6.45, 7) is 2.67. The first-order valence-corrected chi connectivity index (χ1v) is 9.04. The molecule has 0 radical (unpaired) electrons. The molecule has 1 aromatic heterocycles. The van der Waals surface area contributed by atoms with E-state index in [0.29, 0.717) is 11.4 Å². The molecule has 5 nitrogen and oxygen atoms in total. The van der Waals surface area contributed by atoms with Crippen LogP contribution in [0.25, 0.3) is 5.69 Å². The van der Waals surface area contributed by atoms with E-state index in [1.807, 2.05) is 18.2 Å². The number of benzene rings is 2. The predicted molar refractivity (Wildman–Crippen MR) is 101 cm³/mol. The number of carbonyl (C=O) groups is 1. The number of amides is 1. The molecule has 1 fully saturated rings. The van der Waals surface area contributed by atoms with Crippen LogP contribution in [0.3, 0.4) is 0 Å². The summed E-state index contributed by atoms with van der Waals surface area (Å²) in [6, 6.07) is 16.4. The molecule has 4 rings (SSSR count). The first kappa shape index (κ1) is 17.4. The van der Waals surface area contributed by atoms with Gasteiger partial charge in [-0.3, -0.25) is 14.3 Å². The van der Waals surface area contributed by atoms with Crippen molar-refractivity contribution < 1.29 is 9.18 Å². The summed E-state index contributed by atoms with van der Waals surface area (Å²) >= 11 is 0. The van der Waals surface area contributed by atoms with Gasteiger partial charge in [0.1, 0.15) is 11.5 Å². The summed E-state index contributed by atoms with van der Waals surface area (Å²) in [5.41, 5.74) is 2.43. The van der Waals surface area contributed by atoms with Crippen molar-refractivity contribution in [1.82, 2.24) is 19.8 Å². The topological polar surface area (TPSA) is 50.2 Å². The molecule has 1 unspecified atom stereocenters. The molecule has 0 aliphatic carbocycles. The average Bonchev–Trinajstić information content (AvgIpc) is 3.33. The second-order valence-corrected chi connectivity index (χ2v) is 6.81. The Morgan fingerprint density at radius 3 is 2.70 bits per heavy atom. The monoisotopic (exact) mass is 364 g/mol. The maximum Gasteiger partial charge on any atom is 0.270 e. The maximum absolute atomic E-state index is 13.1. The largest absolute Gasteiger partial charge is 0.347 e. The zero-order chi connectivity index (χ0) is 18.6. The Morgan fingerprint density at radius 2 is 1.93 bits per heavy atom. The summed E-state index contributed by atoms with van der Waals surface area (Å²) in [4.78, 5) is 19.2. The number of halogens is 1. The number of hydrogen-bond acceptors (Lipinski definition) is 3. The fraction of sp³-hybridized carbons (Fsp3) is 0.238. The number of nitrogens with zero attached hydrogens (tertiary/aromatic N) is 3. The van der Waals surface area contributed by atoms with E-state index in [1.165, 1.54) is 23.9 Å². The molecule has 0 bridgehead atoms. The Bertz CT molecular complexity index is 907. The van der Waals surface area contributed by atoms with Crippen molar-refractivity contribution in [3.63, 3.8) is 0 Å². The molecule has 3 aromatic rings. The molecule has 138 valence electrons. The standard InChI is InChI=1S/C21H21FN4O/c22-17-6-8-19(9-7-17)26-15-23-12-20(26)21(27)24-18-10-11-25(14-18)13-16-4-2-1-3-5-16/h1-9,12,15,18H,10-11,13-14H2,(H,24,27). The van der Waals surface area contributed by atoms with Gasteiger partial charge in [-0.25, -0.2) is 9.37 Å². The van der Waals surface area contributed by atoms with Crippen LogP contribution in [0.5, 0.6) is 0 Å². The van der Waals surface area contributed by atoms with Gasteiger partial charge in [-0.05, 0) is 36.2 Å². The van der Waals surface area contributed by atoms with Crippen molar-refractivity contribution in [3.05, 3.63) is 84.2 Å². The molecule has 1 aliphatic rings. The molecule has 1 aliphatic heterocycles. The lowest BCUT2D eigenvalue weighted by atomic mass is 10.2. The van der Waals surface area contributed by atoms with E-state index in [0.717, 1.165) is 26.1 Å². The van der Waals surface area contributed by atoms with E-state index in [4.69, 9.17) is 0 Å². The molecule has 1 amide bonds. The number of likely N-dealkylation sites (tertiary alicyclic amines) is 1. The van der Waals surface area contributed by atoms with E-state index >= 15 is 0 Å². The number of hydrogen-bond donors (Lipinski definition) is 1. The van der Waals surface area contributed by atoms with Crippen molar-refractivity contribution >= 4 is 5.91 Å². The summed E-state index contributed by atoms with van der Waals surface area (Å²) in [5.74, 6) is -0.474. The van der Waals surface area contributed by atoms with Crippen LogP contribution in [-0.4, -0.2) is 39.5 Å². The van der Waals surface area contributed by atoms with Gasteiger partial charge in [0.15, 0.2) is 0 Å². The lowest BCUT2D eigenvalue weighted by Gasteiger charge is -2.17. The molecule has 6 heteroatoms.